The van der Waals surface area contributed by atoms with Gasteiger partial charge >= 0.3 is 0 Å². The minimum absolute atomic E-state index is 0.344. The van der Waals surface area contributed by atoms with Crippen LogP contribution in [0.1, 0.15) is 12.5 Å². The van der Waals surface area contributed by atoms with Crippen LogP contribution in [0, 0.1) is 0 Å². The first kappa shape index (κ1) is 13.5. The molecule has 0 radical (unpaired) electrons. The van der Waals surface area contributed by atoms with E-state index in [0.29, 0.717) is 6.61 Å². The summed E-state index contributed by atoms with van der Waals surface area (Å²) in [5.74, 6) is 0.828. The second-order valence-corrected chi connectivity index (χ2v) is 5.09. The van der Waals surface area contributed by atoms with Crippen molar-refractivity contribution in [2.24, 2.45) is 5.73 Å². The van der Waals surface area contributed by atoms with E-state index in [1.54, 1.807) is 14.2 Å². The molecule has 0 aliphatic heterocycles. The zero-order valence-electron chi connectivity index (χ0n) is 9.92. The van der Waals surface area contributed by atoms with Crippen LogP contribution >= 0.6 is 15.9 Å². The zero-order chi connectivity index (χ0) is 12.2. The summed E-state index contributed by atoms with van der Waals surface area (Å²) in [5, 5.41) is 0. The van der Waals surface area contributed by atoms with Crippen molar-refractivity contribution >= 4 is 15.9 Å². The molecule has 0 heterocycles. The van der Waals surface area contributed by atoms with Crippen LogP contribution in [-0.4, -0.2) is 26.4 Å². The quantitative estimate of drug-likeness (QED) is 0.904. The van der Waals surface area contributed by atoms with Gasteiger partial charge in [-0.25, -0.2) is 0 Å². The molecule has 0 saturated carbocycles. The van der Waals surface area contributed by atoms with Gasteiger partial charge in [0.05, 0.1) is 18.2 Å². The van der Waals surface area contributed by atoms with Crippen LogP contribution in [0.3, 0.4) is 0 Å². The van der Waals surface area contributed by atoms with Gasteiger partial charge in [0.15, 0.2) is 0 Å². The van der Waals surface area contributed by atoms with Crippen molar-refractivity contribution in [3.05, 3.63) is 28.2 Å². The lowest BCUT2D eigenvalue weighted by atomic mass is 9.95. The lowest BCUT2D eigenvalue weighted by Crippen LogP contribution is -2.43. The van der Waals surface area contributed by atoms with Gasteiger partial charge < -0.3 is 15.2 Å². The summed E-state index contributed by atoms with van der Waals surface area (Å²) < 4.78 is 11.2. The van der Waals surface area contributed by atoms with Gasteiger partial charge in [-0.15, -0.1) is 0 Å². The first-order chi connectivity index (χ1) is 7.48. The van der Waals surface area contributed by atoms with Crippen molar-refractivity contribution < 1.29 is 9.47 Å². The molecule has 4 heteroatoms. The second kappa shape index (κ2) is 5.66. The molecule has 2 N–H and O–H groups in total. The first-order valence-electron chi connectivity index (χ1n) is 5.09. The fraction of sp³-hybridized carbons (Fsp3) is 0.500. The van der Waals surface area contributed by atoms with Gasteiger partial charge in [-0.05, 0) is 47.0 Å². The third kappa shape index (κ3) is 3.77. The largest absolute Gasteiger partial charge is 0.496 e. The Labute approximate surface area is 105 Å². The molecule has 1 unspecified atom stereocenters. The molecule has 0 aliphatic rings. The van der Waals surface area contributed by atoms with E-state index in [2.05, 4.69) is 15.9 Å². The third-order valence-corrected chi connectivity index (χ3v) is 2.92. The van der Waals surface area contributed by atoms with E-state index in [1.807, 2.05) is 25.1 Å². The van der Waals surface area contributed by atoms with Gasteiger partial charge in [0, 0.05) is 12.6 Å². The summed E-state index contributed by atoms with van der Waals surface area (Å²) in [6.45, 7) is 2.52. The summed E-state index contributed by atoms with van der Waals surface area (Å²) >= 11 is 3.46. The SMILES string of the molecule is COCC(C)(N)Cc1ccc(OC)c(Br)c1. The number of methoxy groups -OCH3 is 2. The molecule has 0 amide bonds. The van der Waals surface area contributed by atoms with Crippen molar-refractivity contribution in [2.75, 3.05) is 20.8 Å². The molecule has 1 rings (SSSR count). The maximum Gasteiger partial charge on any atom is 0.133 e. The van der Waals surface area contributed by atoms with Crippen LogP contribution in [0.25, 0.3) is 0 Å². The molecule has 1 atom stereocenters. The van der Waals surface area contributed by atoms with Crippen LogP contribution < -0.4 is 10.5 Å². The topological polar surface area (TPSA) is 44.5 Å². The van der Waals surface area contributed by atoms with Gasteiger partial charge in [0.2, 0.25) is 0 Å². The lowest BCUT2D eigenvalue weighted by Gasteiger charge is -2.23. The van der Waals surface area contributed by atoms with Crippen molar-refractivity contribution in [3.63, 3.8) is 0 Å². The number of benzene rings is 1. The summed E-state index contributed by atoms with van der Waals surface area (Å²) in [6.07, 6.45) is 0.767. The highest BCUT2D eigenvalue weighted by molar-refractivity contribution is 9.10. The smallest absolute Gasteiger partial charge is 0.133 e. The standard InChI is InChI=1S/C12H18BrNO2/c1-12(14,8-15-2)7-9-4-5-11(16-3)10(13)6-9/h4-6H,7-8,14H2,1-3H3. The summed E-state index contributed by atoms with van der Waals surface area (Å²) in [7, 11) is 3.31. The molecule has 0 saturated heterocycles. The van der Waals surface area contributed by atoms with E-state index in [-0.39, 0.29) is 5.54 Å². The fourth-order valence-electron chi connectivity index (χ4n) is 1.67. The molecule has 0 fully saturated rings. The van der Waals surface area contributed by atoms with E-state index < -0.39 is 0 Å². The predicted molar refractivity (Wildman–Crippen MR) is 68.9 cm³/mol. The highest BCUT2D eigenvalue weighted by Gasteiger charge is 2.19. The Balaban J connectivity index is 2.78. The number of hydrogen-bond acceptors (Lipinski definition) is 3. The molecule has 3 nitrogen and oxygen atoms in total. The van der Waals surface area contributed by atoms with Crippen LogP contribution in [-0.2, 0) is 11.2 Å². The number of nitrogens with two attached hydrogens (primary N) is 1. The average Bonchev–Trinajstić information content (AvgIpc) is 2.17. The van der Waals surface area contributed by atoms with Crippen LogP contribution in [0.15, 0.2) is 22.7 Å². The molecule has 0 bridgehead atoms. The monoisotopic (exact) mass is 287 g/mol. The van der Waals surface area contributed by atoms with Crippen LogP contribution in [0.5, 0.6) is 5.75 Å². The van der Waals surface area contributed by atoms with Gasteiger partial charge in [0.1, 0.15) is 5.75 Å². The normalized spacial score (nSPS) is 14.6. The van der Waals surface area contributed by atoms with E-state index >= 15 is 0 Å². The van der Waals surface area contributed by atoms with Crippen molar-refractivity contribution in [2.45, 2.75) is 18.9 Å². The maximum absolute atomic E-state index is 6.11. The molecule has 1 aromatic rings. The number of hydrogen-bond donors (Lipinski definition) is 1. The molecule has 90 valence electrons. The van der Waals surface area contributed by atoms with E-state index in [9.17, 15) is 0 Å². The molecule has 0 aromatic heterocycles. The minimum atomic E-state index is -0.344. The minimum Gasteiger partial charge on any atom is -0.496 e. The Morgan fingerprint density at radius 1 is 1.38 bits per heavy atom. The van der Waals surface area contributed by atoms with Crippen molar-refractivity contribution in [3.8, 4) is 5.75 Å². The van der Waals surface area contributed by atoms with E-state index in [0.717, 1.165) is 22.2 Å². The van der Waals surface area contributed by atoms with E-state index in [4.69, 9.17) is 15.2 Å². The number of rotatable bonds is 5. The Morgan fingerprint density at radius 2 is 2.06 bits per heavy atom. The Kier molecular flexibility index (Phi) is 4.77. The fourth-order valence-corrected chi connectivity index (χ4v) is 2.25. The Bertz CT molecular complexity index is 353. The zero-order valence-corrected chi connectivity index (χ0v) is 11.5. The molecule has 0 spiro atoms. The molecular weight excluding hydrogens is 270 g/mol. The predicted octanol–water partition coefficient (Wildman–Crippen LogP) is 2.36. The second-order valence-electron chi connectivity index (χ2n) is 4.23. The van der Waals surface area contributed by atoms with Gasteiger partial charge in [0.25, 0.3) is 0 Å². The highest BCUT2D eigenvalue weighted by Crippen LogP contribution is 2.26. The van der Waals surface area contributed by atoms with E-state index in [1.165, 1.54) is 0 Å². The lowest BCUT2D eigenvalue weighted by molar-refractivity contribution is 0.141. The van der Waals surface area contributed by atoms with Crippen LogP contribution in [0.4, 0.5) is 0 Å². The molecule has 0 aliphatic carbocycles. The highest BCUT2D eigenvalue weighted by atomic mass is 79.9. The average molecular weight is 288 g/mol. The number of halogens is 1. The third-order valence-electron chi connectivity index (χ3n) is 2.30. The summed E-state index contributed by atoms with van der Waals surface area (Å²) in [6, 6.07) is 5.98. The van der Waals surface area contributed by atoms with Crippen LogP contribution in [0.2, 0.25) is 0 Å². The maximum atomic E-state index is 6.11. The van der Waals surface area contributed by atoms with Gasteiger partial charge in [-0.1, -0.05) is 6.07 Å². The van der Waals surface area contributed by atoms with Crippen molar-refractivity contribution in [1.29, 1.82) is 0 Å². The van der Waals surface area contributed by atoms with Gasteiger partial charge in [-0.3, -0.25) is 0 Å². The molecular formula is C12H18BrNO2. The first-order valence-corrected chi connectivity index (χ1v) is 5.88. The van der Waals surface area contributed by atoms with Gasteiger partial charge in [-0.2, -0.15) is 0 Å². The van der Waals surface area contributed by atoms with Crippen molar-refractivity contribution in [1.82, 2.24) is 0 Å². The summed E-state index contributed by atoms with van der Waals surface area (Å²) in [5.41, 5.74) is 6.93. The molecule has 16 heavy (non-hydrogen) atoms. The summed E-state index contributed by atoms with van der Waals surface area (Å²) in [4.78, 5) is 0. The molecule has 1 aromatic carbocycles. The Morgan fingerprint density at radius 3 is 2.56 bits per heavy atom. The Hall–Kier alpha value is -0.580. The number of ether oxygens (including phenoxy) is 2.